The number of hydrogen-bond donors (Lipinski definition) is 2. The van der Waals surface area contributed by atoms with Crippen LogP contribution in [0.25, 0.3) is 0 Å². The van der Waals surface area contributed by atoms with Crippen molar-refractivity contribution < 1.29 is 9.90 Å². The second kappa shape index (κ2) is 5.96. The summed E-state index contributed by atoms with van der Waals surface area (Å²) < 4.78 is 0. The summed E-state index contributed by atoms with van der Waals surface area (Å²) in [4.78, 5) is 15.5. The van der Waals surface area contributed by atoms with Crippen LogP contribution in [0.1, 0.15) is 49.3 Å². The van der Waals surface area contributed by atoms with Crippen molar-refractivity contribution >= 4 is 5.97 Å². The zero-order valence-electron chi connectivity index (χ0n) is 10.7. The third-order valence-electron chi connectivity index (χ3n) is 3.65. The number of nitrogens with one attached hydrogen (secondary N) is 1. The first kappa shape index (κ1) is 13.0. The molecule has 1 aliphatic carbocycles. The first-order chi connectivity index (χ1) is 8.68. The number of aromatic nitrogens is 1. The largest absolute Gasteiger partial charge is 0.480 e. The maximum Gasteiger partial charge on any atom is 0.325 e. The normalized spacial score (nSPS) is 18.5. The van der Waals surface area contributed by atoms with E-state index in [1.54, 1.807) is 12.4 Å². The van der Waals surface area contributed by atoms with Crippen molar-refractivity contribution in [3.63, 3.8) is 0 Å². The highest BCUT2D eigenvalue weighted by molar-refractivity contribution is 5.76. The van der Waals surface area contributed by atoms with E-state index in [1.807, 2.05) is 13.0 Å². The van der Waals surface area contributed by atoms with Crippen LogP contribution in [-0.4, -0.2) is 22.1 Å². The Hall–Kier alpha value is -1.42. The molecular weight excluding hydrogens is 228 g/mol. The predicted molar refractivity (Wildman–Crippen MR) is 69.4 cm³/mol. The molecule has 1 saturated carbocycles. The van der Waals surface area contributed by atoms with Gasteiger partial charge in [-0.2, -0.15) is 0 Å². The van der Waals surface area contributed by atoms with E-state index in [-0.39, 0.29) is 0 Å². The van der Waals surface area contributed by atoms with Crippen LogP contribution in [0.2, 0.25) is 0 Å². The number of aliphatic carboxylic acids is 1. The van der Waals surface area contributed by atoms with E-state index >= 15 is 0 Å². The van der Waals surface area contributed by atoms with Crippen LogP contribution in [0, 0.1) is 6.92 Å². The van der Waals surface area contributed by atoms with Crippen molar-refractivity contribution in [2.24, 2.45) is 0 Å². The van der Waals surface area contributed by atoms with Gasteiger partial charge in [-0.1, -0.05) is 19.3 Å². The van der Waals surface area contributed by atoms with Crippen molar-refractivity contribution in [2.45, 2.75) is 51.1 Å². The highest BCUT2D eigenvalue weighted by Crippen LogP contribution is 2.23. The summed E-state index contributed by atoms with van der Waals surface area (Å²) in [7, 11) is 0. The van der Waals surface area contributed by atoms with Crippen molar-refractivity contribution in [1.82, 2.24) is 10.3 Å². The van der Waals surface area contributed by atoms with Gasteiger partial charge in [0.2, 0.25) is 0 Å². The summed E-state index contributed by atoms with van der Waals surface area (Å²) in [6.07, 6.45) is 9.14. The lowest BCUT2D eigenvalue weighted by Gasteiger charge is -2.27. The predicted octanol–water partition coefficient (Wildman–Crippen LogP) is 2.44. The Morgan fingerprint density at radius 2 is 2.17 bits per heavy atom. The number of carboxylic acid groups (broad SMARTS) is 1. The van der Waals surface area contributed by atoms with E-state index < -0.39 is 12.0 Å². The van der Waals surface area contributed by atoms with Crippen LogP contribution in [0.3, 0.4) is 0 Å². The van der Waals surface area contributed by atoms with Gasteiger partial charge >= 0.3 is 5.97 Å². The van der Waals surface area contributed by atoms with Gasteiger partial charge in [0.15, 0.2) is 0 Å². The van der Waals surface area contributed by atoms with Gasteiger partial charge in [0.25, 0.3) is 0 Å². The van der Waals surface area contributed by atoms with Crippen LogP contribution >= 0.6 is 0 Å². The lowest BCUT2D eigenvalue weighted by atomic mass is 9.93. The zero-order valence-corrected chi connectivity index (χ0v) is 10.7. The average molecular weight is 248 g/mol. The molecule has 1 fully saturated rings. The molecule has 4 nitrogen and oxygen atoms in total. The molecule has 1 unspecified atom stereocenters. The van der Waals surface area contributed by atoms with Crippen molar-refractivity contribution in [3.05, 3.63) is 29.6 Å². The van der Waals surface area contributed by atoms with Gasteiger partial charge in [0.1, 0.15) is 6.04 Å². The number of carbonyl (C=O) groups is 1. The van der Waals surface area contributed by atoms with Crippen molar-refractivity contribution in [2.75, 3.05) is 0 Å². The molecule has 98 valence electrons. The van der Waals surface area contributed by atoms with Gasteiger partial charge in [0.05, 0.1) is 0 Å². The van der Waals surface area contributed by atoms with E-state index in [1.165, 1.54) is 19.3 Å². The number of pyridine rings is 1. The standard InChI is InChI=1S/C14H20N2O2/c1-10-7-8-15-9-12(10)13(14(17)18)16-11-5-3-2-4-6-11/h7-9,11,13,16H,2-6H2,1H3,(H,17,18). The number of nitrogens with zero attached hydrogens (tertiary/aromatic N) is 1. The lowest BCUT2D eigenvalue weighted by Crippen LogP contribution is -2.38. The van der Waals surface area contributed by atoms with Gasteiger partial charge in [-0.15, -0.1) is 0 Å². The second-order valence-electron chi connectivity index (χ2n) is 5.01. The SMILES string of the molecule is Cc1ccncc1C(NC1CCCCC1)C(=O)O. The second-order valence-corrected chi connectivity index (χ2v) is 5.01. The lowest BCUT2D eigenvalue weighted by molar-refractivity contribution is -0.140. The number of rotatable bonds is 4. The summed E-state index contributed by atoms with van der Waals surface area (Å²) >= 11 is 0. The zero-order chi connectivity index (χ0) is 13.0. The van der Waals surface area contributed by atoms with Gasteiger partial charge in [-0.25, -0.2) is 0 Å². The molecule has 0 spiro atoms. The Morgan fingerprint density at radius 3 is 2.78 bits per heavy atom. The highest BCUT2D eigenvalue weighted by Gasteiger charge is 2.25. The molecule has 0 amide bonds. The van der Waals surface area contributed by atoms with Crippen LogP contribution < -0.4 is 5.32 Å². The molecule has 0 bridgehead atoms. The molecule has 1 atom stereocenters. The minimum absolute atomic E-state index is 0.319. The molecule has 2 N–H and O–H groups in total. The van der Waals surface area contributed by atoms with Gasteiger partial charge < -0.3 is 5.11 Å². The van der Waals surface area contributed by atoms with Crippen molar-refractivity contribution in [1.29, 1.82) is 0 Å². The third kappa shape index (κ3) is 3.07. The summed E-state index contributed by atoms with van der Waals surface area (Å²) in [5.41, 5.74) is 1.75. The number of carboxylic acids is 1. The quantitative estimate of drug-likeness (QED) is 0.859. The van der Waals surface area contributed by atoms with Crippen LogP contribution in [0.5, 0.6) is 0 Å². The summed E-state index contributed by atoms with van der Waals surface area (Å²) in [6.45, 7) is 1.93. The van der Waals surface area contributed by atoms with E-state index in [0.29, 0.717) is 6.04 Å². The molecule has 0 aliphatic heterocycles. The first-order valence-electron chi connectivity index (χ1n) is 6.58. The molecule has 18 heavy (non-hydrogen) atoms. The summed E-state index contributed by atoms with van der Waals surface area (Å²) in [5, 5.41) is 12.7. The molecular formula is C14H20N2O2. The number of aryl methyl sites for hydroxylation is 1. The minimum Gasteiger partial charge on any atom is -0.480 e. The fourth-order valence-corrected chi connectivity index (χ4v) is 2.58. The fourth-order valence-electron chi connectivity index (χ4n) is 2.58. The monoisotopic (exact) mass is 248 g/mol. The molecule has 2 rings (SSSR count). The fraction of sp³-hybridized carbons (Fsp3) is 0.571. The Morgan fingerprint density at radius 1 is 1.44 bits per heavy atom. The van der Waals surface area contributed by atoms with Crippen LogP contribution in [-0.2, 0) is 4.79 Å². The van der Waals surface area contributed by atoms with Gasteiger partial charge in [-0.3, -0.25) is 15.1 Å². The Balaban J connectivity index is 2.13. The molecule has 1 aliphatic rings. The van der Waals surface area contributed by atoms with E-state index in [9.17, 15) is 9.90 Å². The molecule has 1 heterocycles. The smallest absolute Gasteiger partial charge is 0.325 e. The molecule has 0 saturated heterocycles. The Labute approximate surface area is 107 Å². The molecule has 0 aromatic carbocycles. The average Bonchev–Trinajstić information content (AvgIpc) is 2.38. The topological polar surface area (TPSA) is 62.2 Å². The highest BCUT2D eigenvalue weighted by atomic mass is 16.4. The van der Waals surface area contributed by atoms with Crippen LogP contribution in [0.4, 0.5) is 0 Å². The molecule has 0 radical (unpaired) electrons. The first-order valence-corrected chi connectivity index (χ1v) is 6.58. The molecule has 1 aromatic rings. The van der Waals surface area contributed by atoms with Gasteiger partial charge in [0, 0.05) is 24.0 Å². The molecule has 4 heteroatoms. The van der Waals surface area contributed by atoms with E-state index in [2.05, 4.69) is 10.3 Å². The van der Waals surface area contributed by atoms with Gasteiger partial charge in [-0.05, 0) is 31.4 Å². The van der Waals surface area contributed by atoms with E-state index in [0.717, 1.165) is 24.0 Å². The third-order valence-corrected chi connectivity index (χ3v) is 3.65. The number of hydrogen-bond acceptors (Lipinski definition) is 3. The molecule has 1 aromatic heterocycles. The Bertz CT molecular complexity index is 414. The van der Waals surface area contributed by atoms with Crippen LogP contribution in [0.15, 0.2) is 18.5 Å². The maximum atomic E-state index is 11.4. The maximum absolute atomic E-state index is 11.4. The summed E-state index contributed by atoms with van der Waals surface area (Å²) in [5.74, 6) is -0.823. The minimum atomic E-state index is -0.823. The Kier molecular flexibility index (Phi) is 4.31. The van der Waals surface area contributed by atoms with Crippen molar-refractivity contribution in [3.8, 4) is 0 Å². The summed E-state index contributed by atoms with van der Waals surface area (Å²) in [6, 6.07) is 1.54. The van der Waals surface area contributed by atoms with E-state index in [4.69, 9.17) is 0 Å².